The van der Waals surface area contributed by atoms with Gasteiger partial charge in [0.25, 0.3) is 5.91 Å². The number of benzene rings is 2. The Balaban J connectivity index is 1.47. The highest BCUT2D eigenvalue weighted by atomic mass is 35.5. The van der Waals surface area contributed by atoms with Crippen LogP contribution in [-0.2, 0) is 0 Å². The predicted molar refractivity (Wildman–Crippen MR) is 108 cm³/mol. The van der Waals surface area contributed by atoms with E-state index in [4.69, 9.17) is 23.2 Å². The summed E-state index contributed by atoms with van der Waals surface area (Å²) >= 11 is 12.1. The zero-order chi connectivity index (χ0) is 18.8. The normalized spacial score (nSPS) is 14.4. The van der Waals surface area contributed by atoms with Gasteiger partial charge in [-0.1, -0.05) is 35.3 Å². The first-order chi connectivity index (χ1) is 13.1. The Morgan fingerprint density at radius 1 is 0.926 bits per heavy atom. The fourth-order valence-corrected chi connectivity index (χ4v) is 3.65. The van der Waals surface area contributed by atoms with Crippen molar-refractivity contribution in [1.29, 1.82) is 0 Å². The van der Waals surface area contributed by atoms with Crippen LogP contribution in [0.4, 0.5) is 5.95 Å². The van der Waals surface area contributed by atoms with Crippen LogP contribution in [0.3, 0.4) is 0 Å². The molecule has 0 unspecified atom stereocenters. The average molecular weight is 401 g/mol. The monoisotopic (exact) mass is 400 g/mol. The van der Waals surface area contributed by atoms with Gasteiger partial charge in [0.05, 0.1) is 0 Å². The summed E-state index contributed by atoms with van der Waals surface area (Å²) in [6.07, 6.45) is 3.70. The number of amides is 1. The maximum atomic E-state index is 12.7. The van der Waals surface area contributed by atoms with Gasteiger partial charge >= 0.3 is 0 Å². The van der Waals surface area contributed by atoms with Gasteiger partial charge in [-0.25, -0.2) is 4.98 Å². The Hall–Kier alpha value is -2.50. The van der Waals surface area contributed by atoms with Crippen molar-refractivity contribution in [2.45, 2.75) is 0 Å². The van der Waals surface area contributed by atoms with Gasteiger partial charge in [0.15, 0.2) is 0 Å². The van der Waals surface area contributed by atoms with Crippen molar-refractivity contribution >= 4 is 35.1 Å². The molecule has 1 saturated heterocycles. The minimum Gasteiger partial charge on any atom is -0.338 e. The molecule has 0 bridgehead atoms. The third kappa shape index (κ3) is 3.80. The first kappa shape index (κ1) is 17.9. The van der Waals surface area contributed by atoms with Crippen molar-refractivity contribution in [3.05, 3.63) is 76.5 Å². The van der Waals surface area contributed by atoms with Gasteiger partial charge < -0.3 is 9.80 Å². The number of imidazole rings is 1. The zero-order valence-corrected chi connectivity index (χ0v) is 16.1. The Kier molecular flexibility index (Phi) is 5.05. The highest BCUT2D eigenvalue weighted by molar-refractivity contribution is 6.31. The summed E-state index contributed by atoms with van der Waals surface area (Å²) in [5.41, 5.74) is 1.59. The van der Waals surface area contributed by atoms with E-state index in [9.17, 15) is 4.79 Å². The van der Waals surface area contributed by atoms with Gasteiger partial charge in [0.1, 0.15) is 0 Å². The van der Waals surface area contributed by atoms with Gasteiger partial charge in [-0.2, -0.15) is 0 Å². The number of carbonyl (C=O) groups excluding carboxylic acids is 1. The average Bonchev–Trinajstić information content (AvgIpc) is 3.17. The van der Waals surface area contributed by atoms with Crippen molar-refractivity contribution in [2.24, 2.45) is 0 Å². The maximum Gasteiger partial charge on any atom is 0.254 e. The van der Waals surface area contributed by atoms with Crippen LogP contribution in [0.1, 0.15) is 10.4 Å². The molecule has 5 nitrogen and oxygen atoms in total. The van der Waals surface area contributed by atoms with Gasteiger partial charge in [-0.3, -0.25) is 9.36 Å². The van der Waals surface area contributed by atoms with Crippen LogP contribution in [0.15, 0.2) is 60.9 Å². The van der Waals surface area contributed by atoms with Gasteiger partial charge in [0.2, 0.25) is 5.95 Å². The Bertz CT molecular complexity index is 964. The van der Waals surface area contributed by atoms with Crippen molar-refractivity contribution < 1.29 is 4.79 Å². The van der Waals surface area contributed by atoms with Gasteiger partial charge in [-0.05, 0) is 36.4 Å². The molecule has 2 aromatic carbocycles. The quantitative estimate of drug-likeness (QED) is 0.663. The van der Waals surface area contributed by atoms with Crippen LogP contribution in [0, 0.1) is 0 Å². The van der Waals surface area contributed by atoms with Crippen molar-refractivity contribution in [2.75, 3.05) is 31.1 Å². The summed E-state index contributed by atoms with van der Waals surface area (Å²) in [5.74, 6) is 0.863. The molecule has 1 aliphatic heterocycles. The topological polar surface area (TPSA) is 41.4 Å². The molecule has 1 aromatic heterocycles. The first-order valence-corrected chi connectivity index (χ1v) is 9.46. The molecule has 0 saturated carbocycles. The molecule has 1 aliphatic rings. The van der Waals surface area contributed by atoms with Crippen LogP contribution >= 0.6 is 23.2 Å². The number of hydrogen-bond donors (Lipinski definition) is 0. The van der Waals surface area contributed by atoms with E-state index in [2.05, 4.69) is 9.88 Å². The lowest BCUT2D eigenvalue weighted by Gasteiger charge is -2.35. The lowest BCUT2D eigenvalue weighted by molar-refractivity contribution is 0.0746. The Morgan fingerprint density at radius 2 is 1.63 bits per heavy atom. The van der Waals surface area contributed by atoms with E-state index in [-0.39, 0.29) is 5.91 Å². The second kappa shape index (κ2) is 7.62. The second-order valence-electron chi connectivity index (χ2n) is 6.37. The standard InChI is InChI=1S/C20H18Cl2N4O/c21-16-4-1-3-15(13-16)19(27)24-9-11-25(12-10-24)20-23-7-8-26(20)18-6-2-5-17(22)14-18/h1-8,13-14H,9-12H2. The van der Waals surface area contributed by atoms with Gasteiger partial charge in [0, 0.05) is 59.9 Å². The molecule has 7 heteroatoms. The molecule has 2 heterocycles. The second-order valence-corrected chi connectivity index (χ2v) is 7.24. The van der Waals surface area contributed by atoms with E-state index in [0.29, 0.717) is 41.8 Å². The van der Waals surface area contributed by atoms with Crippen molar-refractivity contribution in [1.82, 2.24) is 14.5 Å². The Labute approximate surface area is 167 Å². The maximum absolute atomic E-state index is 12.7. The fourth-order valence-electron chi connectivity index (χ4n) is 3.27. The predicted octanol–water partition coefficient (Wildman–Crippen LogP) is 4.14. The number of nitrogens with zero attached hydrogens (tertiary/aromatic N) is 4. The smallest absolute Gasteiger partial charge is 0.254 e. The van der Waals surface area contributed by atoms with E-state index in [1.807, 2.05) is 39.9 Å². The summed E-state index contributed by atoms with van der Waals surface area (Å²) in [4.78, 5) is 21.2. The van der Waals surface area contributed by atoms with Crippen molar-refractivity contribution in [3.8, 4) is 5.69 Å². The highest BCUT2D eigenvalue weighted by Crippen LogP contribution is 2.22. The summed E-state index contributed by atoms with van der Waals surface area (Å²) in [6.45, 7) is 2.69. The van der Waals surface area contributed by atoms with Gasteiger partial charge in [-0.15, -0.1) is 0 Å². The number of aromatic nitrogens is 2. The number of carbonyl (C=O) groups is 1. The van der Waals surface area contributed by atoms with Crippen LogP contribution < -0.4 is 4.90 Å². The Morgan fingerprint density at radius 3 is 2.33 bits per heavy atom. The molecule has 0 atom stereocenters. The SMILES string of the molecule is O=C(c1cccc(Cl)c1)N1CCN(c2nccn2-c2cccc(Cl)c2)CC1. The van der Waals surface area contributed by atoms with Crippen LogP contribution in [0.5, 0.6) is 0 Å². The number of halogens is 2. The molecule has 0 spiro atoms. The minimum absolute atomic E-state index is 0.00957. The lowest BCUT2D eigenvalue weighted by Crippen LogP contribution is -2.49. The van der Waals surface area contributed by atoms with Crippen LogP contribution in [-0.4, -0.2) is 46.5 Å². The first-order valence-electron chi connectivity index (χ1n) is 8.71. The van der Waals surface area contributed by atoms with E-state index in [0.717, 1.165) is 11.6 Å². The van der Waals surface area contributed by atoms with Crippen LogP contribution in [0.25, 0.3) is 5.69 Å². The molecule has 27 heavy (non-hydrogen) atoms. The molecule has 0 radical (unpaired) electrons. The third-order valence-corrected chi connectivity index (χ3v) is 5.10. The zero-order valence-electron chi connectivity index (χ0n) is 14.6. The molecule has 3 aromatic rings. The van der Waals surface area contributed by atoms with E-state index in [1.54, 1.807) is 30.5 Å². The minimum atomic E-state index is 0.00957. The number of hydrogen-bond acceptors (Lipinski definition) is 3. The molecule has 138 valence electrons. The van der Waals surface area contributed by atoms with Crippen molar-refractivity contribution in [3.63, 3.8) is 0 Å². The lowest BCUT2D eigenvalue weighted by atomic mass is 10.2. The van der Waals surface area contributed by atoms with Crippen LogP contribution in [0.2, 0.25) is 10.0 Å². The van der Waals surface area contributed by atoms with E-state index < -0.39 is 0 Å². The summed E-state index contributed by atoms with van der Waals surface area (Å²) in [7, 11) is 0. The molecule has 1 amide bonds. The largest absolute Gasteiger partial charge is 0.338 e. The molecule has 0 aliphatic carbocycles. The number of anilines is 1. The molecule has 1 fully saturated rings. The molecule has 4 rings (SSSR count). The summed E-state index contributed by atoms with van der Waals surface area (Å²) < 4.78 is 2.01. The number of piperazine rings is 1. The van der Waals surface area contributed by atoms with E-state index in [1.165, 1.54) is 0 Å². The molecular weight excluding hydrogens is 383 g/mol. The summed E-state index contributed by atoms with van der Waals surface area (Å²) in [6, 6.07) is 14.8. The molecular formula is C20H18Cl2N4O. The summed E-state index contributed by atoms with van der Waals surface area (Å²) in [5, 5.41) is 1.26. The highest BCUT2D eigenvalue weighted by Gasteiger charge is 2.24. The van der Waals surface area contributed by atoms with E-state index >= 15 is 0 Å². The fraction of sp³-hybridized carbons (Fsp3) is 0.200. The molecule has 0 N–H and O–H groups in total. The third-order valence-electron chi connectivity index (χ3n) is 4.63. The number of rotatable bonds is 3.